The monoisotopic (exact) mass is 294 g/mol. The molecule has 0 amide bonds. The fraction of sp³-hybridized carbons (Fsp3) is 0.0769. The third-order valence-electron chi connectivity index (χ3n) is 2.39. The van der Waals surface area contributed by atoms with Gasteiger partial charge >= 0.3 is 5.97 Å². The number of hydrogen-bond acceptors (Lipinski definition) is 4. The second-order valence-electron chi connectivity index (χ2n) is 3.80. The van der Waals surface area contributed by atoms with E-state index < -0.39 is 5.97 Å². The minimum absolute atomic E-state index is 0.219. The van der Waals surface area contributed by atoms with E-state index in [0.29, 0.717) is 10.0 Å². The summed E-state index contributed by atoms with van der Waals surface area (Å²) in [5.74, 6) is -0.964. The molecule has 2 aromatic rings. The molecule has 1 aromatic heterocycles. The molecule has 6 heteroatoms. The van der Waals surface area contributed by atoms with Gasteiger partial charge in [0.2, 0.25) is 0 Å². The first-order valence-electron chi connectivity index (χ1n) is 5.45. The van der Waals surface area contributed by atoms with E-state index in [9.17, 15) is 4.79 Å². The Labute approximate surface area is 119 Å². The van der Waals surface area contributed by atoms with Gasteiger partial charge in [-0.1, -0.05) is 17.7 Å². The smallest absolute Gasteiger partial charge is 0.335 e. The molecular formula is C13H11ClN2O2S. The molecule has 0 saturated heterocycles. The summed E-state index contributed by atoms with van der Waals surface area (Å²) in [5.41, 5.74) is 4.47. The van der Waals surface area contributed by atoms with Gasteiger partial charge in [0.15, 0.2) is 0 Å². The summed E-state index contributed by atoms with van der Waals surface area (Å²) in [6.07, 6.45) is 0. The van der Waals surface area contributed by atoms with Crippen molar-refractivity contribution in [3.63, 3.8) is 0 Å². The number of rotatable bonds is 4. The van der Waals surface area contributed by atoms with Gasteiger partial charge in [-0.15, -0.1) is 11.3 Å². The molecule has 0 atom stereocenters. The quantitative estimate of drug-likeness (QED) is 0.663. The molecule has 0 aliphatic heterocycles. The predicted molar refractivity (Wildman–Crippen MR) is 78.6 cm³/mol. The van der Waals surface area contributed by atoms with E-state index >= 15 is 0 Å². The van der Waals surface area contributed by atoms with E-state index in [1.807, 2.05) is 19.1 Å². The van der Waals surface area contributed by atoms with Crippen molar-refractivity contribution in [1.82, 2.24) is 0 Å². The summed E-state index contributed by atoms with van der Waals surface area (Å²) in [4.78, 5) is 11.8. The van der Waals surface area contributed by atoms with Gasteiger partial charge in [-0.3, -0.25) is 5.43 Å². The zero-order chi connectivity index (χ0) is 13.8. The summed E-state index contributed by atoms with van der Waals surface area (Å²) >= 11 is 7.29. The van der Waals surface area contributed by atoms with Gasteiger partial charge in [0.05, 0.1) is 26.2 Å². The highest BCUT2D eigenvalue weighted by atomic mass is 35.5. The van der Waals surface area contributed by atoms with Crippen LogP contribution in [0.4, 0.5) is 5.69 Å². The molecule has 2 N–H and O–H groups in total. The molecule has 0 saturated carbocycles. The van der Waals surface area contributed by atoms with E-state index in [2.05, 4.69) is 10.5 Å². The molecule has 0 bridgehead atoms. The van der Waals surface area contributed by atoms with Crippen LogP contribution in [0.25, 0.3) is 0 Å². The maximum atomic E-state index is 10.8. The summed E-state index contributed by atoms with van der Waals surface area (Å²) in [6.45, 7) is 1.86. The molecule has 98 valence electrons. The van der Waals surface area contributed by atoms with Gasteiger partial charge in [-0.2, -0.15) is 5.10 Å². The molecule has 4 nitrogen and oxygen atoms in total. The van der Waals surface area contributed by atoms with Gasteiger partial charge < -0.3 is 5.11 Å². The van der Waals surface area contributed by atoms with E-state index in [-0.39, 0.29) is 5.56 Å². The van der Waals surface area contributed by atoms with E-state index in [1.165, 1.54) is 23.5 Å². The molecule has 0 aliphatic rings. The molecule has 0 aliphatic carbocycles. The molecule has 0 fully saturated rings. The number of hydrazone groups is 1. The van der Waals surface area contributed by atoms with Crippen LogP contribution in [0.2, 0.25) is 4.34 Å². The number of nitrogens with one attached hydrogen (secondary N) is 1. The van der Waals surface area contributed by atoms with Gasteiger partial charge in [-0.25, -0.2) is 4.79 Å². The van der Waals surface area contributed by atoms with Crippen LogP contribution in [-0.4, -0.2) is 16.8 Å². The fourth-order valence-electron chi connectivity index (χ4n) is 1.43. The lowest BCUT2D eigenvalue weighted by Gasteiger charge is -2.03. The van der Waals surface area contributed by atoms with Crippen LogP contribution < -0.4 is 5.43 Å². The van der Waals surface area contributed by atoms with Crippen LogP contribution in [0.1, 0.15) is 22.2 Å². The van der Waals surface area contributed by atoms with Crippen LogP contribution in [0.5, 0.6) is 0 Å². The maximum Gasteiger partial charge on any atom is 0.335 e. The SMILES string of the molecule is C/C(=N\Nc1cccc(C(=O)O)c1)c1ccc(Cl)s1. The average Bonchev–Trinajstić information content (AvgIpc) is 2.83. The minimum atomic E-state index is -0.964. The number of carboxylic acids is 1. The van der Waals surface area contributed by atoms with Crippen molar-refractivity contribution in [1.29, 1.82) is 0 Å². The Hall–Kier alpha value is -1.85. The number of halogens is 1. The molecule has 2 rings (SSSR count). The number of aromatic carboxylic acids is 1. The van der Waals surface area contributed by atoms with Crippen molar-refractivity contribution < 1.29 is 9.90 Å². The van der Waals surface area contributed by atoms with Crippen LogP contribution in [-0.2, 0) is 0 Å². The Morgan fingerprint density at radius 1 is 1.37 bits per heavy atom. The molecule has 19 heavy (non-hydrogen) atoms. The zero-order valence-corrected chi connectivity index (χ0v) is 11.6. The van der Waals surface area contributed by atoms with Crippen molar-refractivity contribution in [2.75, 3.05) is 5.43 Å². The lowest BCUT2D eigenvalue weighted by molar-refractivity contribution is 0.0697. The van der Waals surface area contributed by atoms with Crippen LogP contribution >= 0.6 is 22.9 Å². The number of anilines is 1. The Bertz CT molecular complexity index is 637. The highest BCUT2D eigenvalue weighted by Crippen LogP contribution is 2.22. The zero-order valence-electron chi connectivity index (χ0n) is 10.1. The van der Waals surface area contributed by atoms with Gasteiger partial charge in [-0.05, 0) is 37.3 Å². The normalized spacial score (nSPS) is 11.4. The number of thiophene rings is 1. The van der Waals surface area contributed by atoms with Crippen LogP contribution in [0.3, 0.4) is 0 Å². The minimum Gasteiger partial charge on any atom is -0.478 e. The first-order valence-corrected chi connectivity index (χ1v) is 6.65. The Kier molecular flexibility index (Phi) is 4.19. The second-order valence-corrected chi connectivity index (χ2v) is 5.51. The Balaban J connectivity index is 2.13. The summed E-state index contributed by atoms with van der Waals surface area (Å²) < 4.78 is 0.706. The second kappa shape index (κ2) is 5.86. The number of carbonyl (C=O) groups is 1. The number of carboxylic acid groups (broad SMARTS) is 1. The van der Waals surface area contributed by atoms with Crippen molar-refractivity contribution in [2.24, 2.45) is 5.10 Å². The summed E-state index contributed by atoms with van der Waals surface area (Å²) in [5, 5.41) is 13.1. The number of hydrogen-bond donors (Lipinski definition) is 2. The largest absolute Gasteiger partial charge is 0.478 e. The molecule has 0 radical (unpaired) electrons. The standard InChI is InChI=1S/C13H11ClN2O2S/c1-8(11-5-6-12(14)19-11)15-16-10-4-2-3-9(7-10)13(17)18/h2-7,16H,1H3,(H,17,18)/b15-8+. The number of nitrogens with zero attached hydrogens (tertiary/aromatic N) is 1. The molecular weight excluding hydrogens is 284 g/mol. The molecule has 1 aromatic carbocycles. The van der Waals surface area contributed by atoms with Crippen LogP contribution in [0, 0.1) is 0 Å². The van der Waals surface area contributed by atoms with E-state index in [4.69, 9.17) is 16.7 Å². The molecule has 0 unspecified atom stereocenters. The topological polar surface area (TPSA) is 61.7 Å². The lowest BCUT2D eigenvalue weighted by atomic mass is 10.2. The third kappa shape index (κ3) is 3.56. The molecule has 1 heterocycles. The van der Waals surface area contributed by atoms with Gasteiger partial charge in [0.25, 0.3) is 0 Å². The lowest BCUT2D eigenvalue weighted by Crippen LogP contribution is -2.00. The van der Waals surface area contributed by atoms with Crippen molar-refractivity contribution in [3.05, 3.63) is 51.2 Å². The van der Waals surface area contributed by atoms with Crippen LogP contribution in [0.15, 0.2) is 41.5 Å². The highest BCUT2D eigenvalue weighted by molar-refractivity contribution is 7.18. The third-order valence-corrected chi connectivity index (χ3v) is 3.73. The number of benzene rings is 1. The maximum absolute atomic E-state index is 10.8. The molecule has 0 spiro atoms. The van der Waals surface area contributed by atoms with E-state index in [1.54, 1.807) is 12.1 Å². The van der Waals surface area contributed by atoms with Crippen molar-refractivity contribution in [3.8, 4) is 0 Å². The van der Waals surface area contributed by atoms with Crippen molar-refractivity contribution >= 4 is 40.3 Å². The Morgan fingerprint density at radius 2 is 2.16 bits per heavy atom. The fourth-order valence-corrected chi connectivity index (χ4v) is 2.42. The highest BCUT2D eigenvalue weighted by Gasteiger charge is 2.04. The summed E-state index contributed by atoms with van der Waals surface area (Å²) in [6, 6.07) is 10.2. The van der Waals surface area contributed by atoms with Crippen molar-refractivity contribution in [2.45, 2.75) is 6.92 Å². The first kappa shape index (κ1) is 13.6. The van der Waals surface area contributed by atoms with Gasteiger partial charge in [0, 0.05) is 0 Å². The van der Waals surface area contributed by atoms with Gasteiger partial charge in [0.1, 0.15) is 0 Å². The average molecular weight is 295 g/mol. The first-order chi connectivity index (χ1) is 9.06. The van der Waals surface area contributed by atoms with E-state index in [0.717, 1.165) is 10.6 Å². The predicted octanol–water partition coefficient (Wildman–Crippen LogP) is 3.94. The summed E-state index contributed by atoms with van der Waals surface area (Å²) in [7, 11) is 0. The Morgan fingerprint density at radius 3 is 2.79 bits per heavy atom.